The molecule has 5 atom stereocenters. The van der Waals surface area contributed by atoms with E-state index in [4.69, 9.17) is 9.47 Å². The molecule has 220 valence electrons. The van der Waals surface area contributed by atoms with Crippen LogP contribution in [0.5, 0.6) is 0 Å². The molecule has 4 N–H and O–H groups in total. The molecule has 0 bridgehead atoms. The maximum atomic E-state index is 13.4. The van der Waals surface area contributed by atoms with Gasteiger partial charge in [0.15, 0.2) is 0 Å². The van der Waals surface area contributed by atoms with Crippen molar-refractivity contribution in [1.29, 1.82) is 0 Å². The van der Waals surface area contributed by atoms with Crippen LogP contribution in [0.1, 0.15) is 47.2 Å². The van der Waals surface area contributed by atoms with Crippen LogP contribution in [-0.4, -0.2) is 76.8 Å². The van der Waals surface area contributed by atoms with Gasteiger partial charge in [0.2, 0.25) is 6.29 Å². The zero-order chi connectivity index (χ0) is 29.0. The zero-order valence-electron chi connectivity index (χ0n) is 23.3. The van der Waals surface area contributed by atoms with Gasteiger partial charge in [-0.2, -0.15) is 0 Å². The quantitative estimate of drug-likeness (QED) is 0.174. The molecular formula is C33H41NO7. The molecule has 1 fully saturated rings. The van der Waals surface area contributed by atoms with Crippen molar-refractivity contribution in [2.75, 3.05) is 24.6 Å². The molecule has 1 heterocycles. The van der Waals surface area contributed by atoms with E-state index in [1.165, 1.54) is 11.1 Å². The number of hydrogen-bond donors (Lipinski definition) is 4. The fourth-order valence-electron chi connectivity index (χ4n) is 5.16. The Morgan fingerprint density at radius 1 is 0.707 bits per heavy atom. The first-order valence-corrected chi connectivity index (χ1v) is 14.4. The molecule has 0 saturated carbocycles. The van der Waals surface area contributed by atoms with Gasteiger partial charge >= 0.3 is 5.97 Å². The van der Waals surface area contributed by atoms with Crippen molar-refractivity contribution in [1.82, 2.24) is 0 Å². The third kappa shape index (κ3) is 8.61. The van der Waals surface area contributed by atoms with Crippen LogP contribution in [0.2, 0.25) is 0 Å². The molecule has 0 amide bonds. The molecule has 0 radical (unpaired) electrons. The first-order chi connectivity index (χ1) is 20.0. The Bertz CT molecular complexity index is 1140. The van der Waals surface area contributed by atoms with Gasteiger partial charge in [0, 0.05) is 13.1 Å². The number of aliphatic hydroxyl groups excluding tert-OH is 4. The SMILES string of the molecule is O=C(OC1O[C@H](CO)[C@@H](O)[C@H](O)[C@H]1O)c1ccccc1N(CCCCc1ccccc1)CCCCc1ccccc1. The van der Waals surface area contributed by atoms with Crippen LogP contribution < -0.4 is 4.90 Å². The van der Waals surface area contributed by atoms with Gasteiger partial charge in [0.05, 0.1) is 17.9 Å². The van der Waals surface area contributed by atoms with Gasteiger partial charge in [0.25, 0.3) is 0 Å². The number of para-hydroxylation sites is 1. The molecule has 4 rings (SSSR count). The number of carbonyl (C=O) groups excluding carboxylic acids is 1. The summed E-state index contributed by atoms with van der Waals surface area (Å²) in [5.41, 5.74) is 3.63. The van der Waals surface area contributed by atoms with Crippen molar-refractivity contribution in [3.8, 4) is 0 Å². The Balaban J connectivity index is 1.44. The van der Waals surface area contributed by atoms with Gasteiger partial charge in [-0.1, -0.05) is 72.8 Å². The fraction of sp³-hybridized carbons (Fsp3) is 0.424. The minimum absolute atomic E-state index is 0.315. The maximum Gasteiger partial charge on any atom is 0.342 e. The molecule has 1 unspecified atom stereocenters. The lowest BCUT2D eigenvalue weighted by atomic mass is 9.99. The Morgan fingerprint density at radius 2 is 1.24 bits per heavy atom. The molecule has 8 heteroatoms. The third-order valence-electron chi connectivity index (χ3n) is 7.51. The Hall–Kier alpha value is -3.27. The summed E-state index contributed by atoms with van der Waals surface area (Å²) >= 11 is 0. The summed E-state index contributed by atoms with van der Waals surface area (Å²) in [6, 6.07) is 27.9. The number of rotatable bonds is 14. The van der Waals surface area contributed by atoms with Crippen LogP contribution in [0.3, 0.4) is 0 Å². The number of aryl methyl sites for hydroxylation is 2. The van der Waals surface area contributed by atoms with E-state index in [1.54, 1.807) is 12.1 Å². The molecule has 1 aliphatic rings. The van der Waals surface area contributed by atoms with Gasteiger partial charge in [-0.3, -0.25) is 0 Å². The van der Waals surface area contributed by atoms with E-state index in [1.807, 2.05) is 48.5 Å². The van der Waals surface area contributed by atoms with Crippen molar-refractivity contribution in [3.05, 3.63) is 102 Å². The lowest BCUT2D eigenvalue weighted by Crippen LogP contribution is -2.59. The van der Waals surface area contributed by atoms with Gasteiger partial charge in [0.1, 0.15) is 24.4 Å². The van der Waals surface area contributed by atoms with E-state index in [-0.39, 0.29) is 0 Å². The number of carbonyl (C=O) groups is 1. The minimum Gasteiger partial charge on any atom is -0.429 e. The van der Waals surface area contributed by atoms with Gasteiger partial charge in [-0.25, -0.2) is 4.79 Å². The molecule has 8 nitrogen and oxygen atoms in total. The number of benzene rings is 3. The minimum atomic E-state index is -1.66. The fourth-order valence-corrected chi connectivity index (χ4v) is 5.16. The molecule has 41 heavy (non-hydrogen) atoms. The highest BCUT2D eigenvalue weighted by Crippen LogP contribution is 2.27. The summed E-state index contributed by atoms with van der Waals surface area (Å²) in [5, 5.41) is 40.0. The number of nitrogens with zero attached hydrogens (tertiary/aromatic N) is 1. The number of ether oxygens (including phenoxy) is 2. The Labute approximate surface area is 241 Å². The molecule has 1 saturated heterocycles. The number of unbranched alkanes of at least 4 members (excludes halogenated alkanes) is 2. The molecule has 0 aromatic heterocycles. The summed E-state index contributed by atoms with van der Waals surface area (Å²) < 4.78 is 10.9. The monoisotopic (exact) mass is 563 g/mol. The smallest absolute Gasteiger partial charge is 0.342 e. The van der Waals surface area contributed by atoms with Crippen molar-refractivity contribution in [2.45, 2.75) is 69.2 Å². The van der Waals surface area contributed by atoms with Crippen LogP contribution in [0.15, 0.2) is 84.9 Å². The van der Waals surface area contributed by atoms with Crippen LogP contribution in [0.4, 0.5) is 5.69 Å². The lowest BCUT2D eigenvalue weighted by Gasteiger charge is -2.39. The summed E-state index contributed by atoms with van der Waals surface area (Å²) in [4.78, 5) is 15.6. The number of hydrogen-bond acceptors (Lipinski definition) is 8. The molecule has 3 aromatic carbocycles. The topological polar surface area (TPSA) is 120 Å². The van der Waals surface area contributed by atoms with Crippen LogP contribution in [0, 0.1) is 0 Å². The first kappa shape index (κ1) is 30.7. The molecule has 0 spiro atoms. The number of esters is 1. The number of anilines is 1. The van der Waals surface area contributed by atoms with Crippen molar-refractivity contribution >= 4 is 11.7 Å². The summed E-state index contributed by atoms with van der Waals surface area (Å²) in [6.45, 7) is 0.903. The second kappa shape index (κ2) is 15.7. The highest BCUT2D eigenvalue weighted by Gasteiger charge is 2.45. The third-order valence-corrected chi connectivity index (χ3v) is 7.51. The van der Waals surface area contributed by atoms with E-state index in [0.717, 1.165) is 57.3 Å². The van der Waals surface area contributed by atoms with Crippen molar-refractivity contribution in [2.24, 2.45) is 0 Å². The summed E-state index contributed by atoms with van der Waals surface area (Å²) in [7, 11) is 0. The van der Waals surface area contributed by atoms with E-state index in [2.05, 4.69) is 29.2 Å². The average Bonchev–Trinajstić information content (AvgIpc) is 3.01. The van der Waals surface area contributed by atoms with Gasteiger partial charge < -0.3 is 34.8 Å². The van der Waals surface area contributed by atoms with Gasteiger partial charge in [-0.05, 0) is 61.8 Å². The van der Waals surface area contributed by atoms with Crippen LogP contribution in [-0.2, 0) is 22.3 Å². The molecule has 1 aliphatic heterocycles. The first-order valence-electron chi connectivity index (χ1n) is 14.4. The highest BCUT2D eigenvalue weighted by molar-refractivity contribution is 5.96. The van der Waals surface area contributed by atoms with Crippen LogP contribution in [0.25, 0.3) is 0 Å². The molecule has 3 aromatic rings. The predicted octanol–water partition coefficient (Wildman–Crippen LogP) is 3.50. The maximum absolute atomic E-state index is 13.4. The van der Waals surface area contributed by atoms with E-state index < -0.39 is 43.3 Å². The highest BCUT2D eigenvalue weighted by atomic mass is 16.7. The van der Waals surface area contributed by atoms with E-state index in [9.17, 15) is 25.2 Å². The summed E-state index contributed by atoms with van der Waals surface area (Å²) in [5.74, 6) is -0.719. The van der Waals surface area contributed by atoms with E-state index in [0.29, 0.717) is 5.56 Å². The molecule has 0 aliphatic carbocycles. The number of aliphatic hydroxyl groups is 4. The summed E-state index contributed by atoms with van der Waals surface area (Å²) in [6.07, 6.45) is -1.68. The largest absolute Gasteiger partial charge is 0.429 e. The molecular weight excluding hydrogens is 522 g/mol. The van der Waals surface area contributed by atoms with Crippen molar-refractivity contribution in [3.63, 3.8) is 0 Å². The van der Waals surface area contributed by atoms with Gasteiger partial charge in [-0.15, -0.1) is 0 Å². The normalized spacial score (nSPS) is 22.3. The Morgan fingerprint density at radius 3 is 1.80 bits per heavy atom. The average molecular weight is 564 g/mol. The standard InChI is InChI=1S/C33H41NO7/c35-23-28-29(36)30(37)31(38)33(40-28)41-32(39)26-19-7-8-20-27(26)34(21-11-9-17-24-13-3-1-4-14-24)22-12-10-18-25-15-5-2-6-16-25/h1-8,13-16,19-20,28-31,33,35-38H,9-12,17-18,21-23H2/t28-,29-,30+,31-,33?/m1/s1. The Kier molecular flexibility index (Phi) is 11.7. The van der Waals surface area contributed by atoms with Crippen LogP contribution >= 0.6 is 0 Å². The van der Waals surface area contributed by atoms with E-state index >= 15 is 0 Å². The lowest BCUT2D eigenvalue weighted by molar-refractivity contribution is -0.285. The van der Waals surface area contributed by atoms with Crippen molar-refractivity contribution < 1.29 is 34.7 Å². The second-order valence-electron chi connectivity index (χ2n) is 10.5. The predicted molar refractivity (Wildman–Crippen MR) is 157 cm³/mol. The zero-order valence-corrected chi connectivity index (χ0v) is 23.3. The second-order valence-corrected chi connectivity index (χ2v) is 10.5.